The Morgan fingerprint density at radius 3 is 2.35 bits per heavy atom. The number of carbonyl (C=O) groups is 1. The molecule has 20 heavy (non-hydrogen) atoms. The predicted octanol–water partition coefficient (Wildman–Crippen LogP) is 3.00. The largest absolute Gasteiger partial charge is 0.284 e. The van der Waals surface area contributed by atoms with Crippen molar-refractivity contribution in [3.63, 3.8) is 0 Å². The zero-order valence-electron chi connectivity index (χ0n) is 12.1. The maximum atomic E-state index is 12.3. The highest BCUT2D eigenvalue weighted by Gasteiger charge is 2.25. The first-order chi connectivity index (χ1) is 9.50. The van der Waals surface area contributed by atoms with Gasteiger partial charge in [-0.15, -0.1) is 10.2 Å². The van der Waals surface area contributed by atoms with Gasteiger partial charge in [-0.2, -0.15) is 0 Å². The van der Waals surface area contributed by atoms with Gasteiger partial charge in [0.15, 0.2) is 0 Å². The topological polar surface area (TPSA) is 59.0 Å². The van der Waals surface area contributed by atoms with E-state index in [1.807, 2.05) is 39.8 Å². The average molecular weight is 290 g/mol. The molecular formula is C14H18N4OS. The summed E-state index contributed by atoms with van der Waals surface area (Å²) in [6, 6.07) is 3.82. The molecule has 2 aromatic heterocycles. The highest BCUT2D eigenvalue weighted by Crippen LogP contribution is 2.30. The number of hydrogen-bond donors (Lipinski definition) is 0. The van der Waals surface area contributed by atoms with Gasteiger partial charge in [-0.05, 0) is 26.0 Å². The fourth-order valence-electron chi connectivity index (χ4n) is 1.77. The molecule has 0 aliphatic heterocycles. The number of aromatic nitrogens is 3. The molecule has 6 heteroatoms. The van der Waals surface area contributed by atoms with Crippen molar-refractivity contribution in [2.75, 3.05) is 4.90 Å². The van der Waals surface area contributed by atoms with Crippen molar-refractivity contribution in [1.82, 2.24) is 15.2 Å². The van der Waals surface area contributed by atoms with Crippen LogP contribution in [0.2, 0.25) is 0 Å². The van der Waals surface area contributed by atoms with E-state index in [0.717, 1.165) is 10.6 Å². The van der Waals surface area contributed by atoms with Crippen LogP contribution in [0.4, 0.5) is 5.13 Å². The minimum atomic E-state index is -0.0642. The average Bonchev–Trinajstić information content (AvgIpc) is 2.88. The van der Waals surface area contributed by atoms with Crippen molar-refractivity contribution in [2.24, 2.45) is 5.92 Å². The summed E-state index contributed by atoms with van der Waals surface area (Å²) in [4.78, 5) is 18.0. The van der Waals surface area contributed by atoms with Crippen LogP contribution in [-0.4, -0.2) is 27.1 Å². The molecule has 2 aromatic rings. The molecule has 106 valence electrons. The summed E-state index contributed by atoms with van der Waals surface area (Å²) in [5, 5.41) is 9.79. The van der Waals surface area contributed by atoms with Gasteiger partial charge in [0.2, 0.25) is 11.0 Å². The molecule has 0 spiro atoms. The second-order valence-corrected chi connectivity index (χ2v) is 6.04. The van der Waals surface area contributed by atoms with E-state index in [-0.39, 0.29) is 17.9 Å². The molecule has 0 aliphatic carbocycles. The first-order valence-electron chi connectivity index (χ1n) is 6.57. The first kappa shape index (κ1) is 14.6. The SMILES string of the molecule is CC(C)C(=O)N(c1nnc(-c2ccncc2)s1)C(C)C. The number of nitrogens with zero attached hydrogens (tertiary/aromatic N) is 4. The molecule has 5 nitrogen and oxygen atoms in total. The van der Waals surface area contributed by atoms with Gasteiger partial charge in [0.25, 0.3) is 0 Å². The summed E-state index contributed by atoms with van der Waals surface area (Å²) in [5.74, 6) is 0.00287. The Kier molecular flexibility index (Phi) is 4.44. The highest BCUT2D eigenvalue weighted by molar-refractivity contribution is 7.18. The fraction of sp³-hybridized carbons (Fsp3) is 0.429. The molecule has 0 unspecified atom stereocenters. The van der Waals surface area contributed by atoms with Gasteiger partial charge in [0, 0.05) is 29.9 Å². The number of carbonyl (C=O) groups excluding carboxylic acids is 1. The van der Waals surface area contributed by atoms with Crippen molar-refractivity contribution < 1.29 is 4.79 Å². The molecule has 0 saturated heterocycles. The molecule has 0 fully saturated rings. The molecule has 1 amide bonds. The quantitative estimate of drug-likeness (QED) is 0.868. The number of rotatable bonds is 4. The summed E-state index contributed by atoms with van der Waals surface area (Å²) in [7, 11) is 0. The van der Waals surface area contributed by atoms with Gasteiger partial charge >= 0.3 is 0 Å². The van der Waals surface area contributed by atoms with Gasteiger partial charge in [0.1, 0.15) is 5.01 Å². The van der Waals surface area contributed by atoms with Crippen molar-refractivity contribution in [2.45, 2.75) is 33.7 Å². The lowest BCUT2D eigenvalue weighted by atomic mass is 10.2. The van der Waals surface area contributed by atoms with Crippen LogP contribution in [0.15, 0.2) is 24.5 Å². The molecule has 0 radical (unpaired) electrons. The van der Waals surface area contributed by atoms with Crippen LogP contribution in [0.1, 0.15) is 27.7 Å². The molecule has 0 aromatic carbocycles. The van der Waals surface area contributed by atoms with Gasteiger partial charge in [0.05, 0.1) is 0 Å². The molecule has 0 atom stereocenters. The van der Waals surface area contributed by atoms with Gasteiger partial charge in [-0.1, -0.05) is 25.2 Å². The Morgan fingerprint density at radius 1 is 1.15 bits per heavy atom. The van der Waals surface area contributed by atoms with Gasteiger partial charge < -0.3 is 0 Å². The first-order valence-corrected chi connectivity index (χ1v) is 7.39. The Balaban J connectivity index is 2.33. The van der Waals surface area contributed by atoms with E-state index in [4.69, 9.17) is 0 Å². The van der Waals surface area contributed by atoms with Gasteiger partial charge in [-0.3, -0.25) is 14.7 Å². The minimum Gasteiger partial charge on any atom is -0.284 e. The Labute approximate surface area is 122 Å². The van der Waals surface area contributed by atoms with Crippen LogP contribution in [0.5, 0.6) is 0 Å². The smallest absolute Gasteiger partial charge is 0.231 e. The van der Waals surface area contributed by atoms with Crippen molar-refractivity contribution in [3.05, 3.63) is 24.5 Å². The molecule has 0 aliphatic rings. The van der Waals surface area contributed by atoms with E-state index >= 15 is 0 Å². The lowest BCUT2D eigenvalue weighted by molar-refractivity contribution is -0.121. The third kappa shape index (κ3) is 3.01. The summed E-state index contributed by atoms with van der Waals surface area (Å²) < 4.78 is 0. The van der Waals surface area contributed by atoms with Crippen LogP contribution < -0.4 is 4.90 Å². The Morgan fingerprint density at radius 2 is 1.80 bits per heavy atom. The van der Waals surface area contributed by atoms with E-state index < -0.39 is 0 Å². The standard InChI is InChI=1S/C14H18N4OS/c1-9(2)13(19)18(10(3)4)14-17-16-12(20-14)11-5-7-15-8-6-11/h5-10H,1-4H3. The third-order valence-electron chi connectivity index (χ3n) is 2.80. The maximum absolute atomic E-state index is 12.3. The van der Waals surface area contributed by atoms with Crippen molar-refractivity contribution in [1.29, 1.82) is 0 Å². The van der Waals surface area contributed by atoms with Crippen LogP contribution >= 0.6 is 11.3 Å². The minimum absolute atomic E-state index is 0.0585. The van der Waals surface area contributed by atoms with E-state index in [1.165, 1.54) is 11.3 Å². The van der Waals surface area contributed by atoms with Crippen molar-refractivity contribution in [3.8, 4) is 10.6 Å². The van der Waals surface area contributed by atoms with Crippen molar-refractivity contribution >= 4 is 22.4 Å². The van der Waals surface area contributed by atoms with Crippen LogP contribution in [0, 0.1) is 5.92 Å². The molecule has 0 N–H and O–H groups in total. The summed E-state index contributed by atoms with van der Waals surface area (Å²) >= 11 is 1.42. The Hall–Kier alpha value is -1.82. The predicted molar refractivity (Wildman–Crippen MR) is 80.6 cm³/mol. The van der Waals surface area contributed by atoms with E-state index in [9.17, 15) is 4.79 Å². The fourth-order valence-corrected chi connectivity index (χ4v) is 2.76. The zero-order chi connectivity index (χ0) is 14.7. The van der Waals surface area contributed by atoms with E-state index in [2.05, 4.69) is 15.2 Å². The zero-order valence-corrected chi connectivity index (χ0v) is 12.9. The molecule has 2 rings (SSSR count). The summed E-state index contributed by atoms with van der Waals surface area (Å²) in [5.41, 5.74) is 0.962. The molecule has 0 bridgehead atoms. The monoisotopic (exact) mass is 290 g/mol. The second kappa shape index (κ2) is 6.09. The number of amides is 1. The normalized spacial score (nSPS) is 11.1. The van der Waals surface area contributed by atoms with Crippen LogP contribution in [0.3, 0.4) is 0 Å². The second-order valence-electron chi connectivity index (χ2n) is 5.08. The van der Waals surface area contributed by atoms with E-state index in [0.29, 0.717) is 5.13 Å². The lowest BCUT2D eigenvalue weighted by Crippen LogP contribution is -2.39. The van der Waals surface area contributed by atoms with E-state index in [1.54, 1.807) is 17.3 Å². The number of anilines is 1. The van der Waals surface area contributed by atoms with Gasteiger partial charge in [-0.25, -0.2) is 0 Å². The summed E-state index contributed by atoms with van der Waals surface area (Å²) in [6.45, 7) is 7.74. The highest BCUT2D eigenvalue weighted by atomic mass is 32.1. The molecule has 0 saturated carbocycles. The summed E-state index contributed by atoms with van der Waals surface area (Å²) in [6.07, 6.45) is 3.44. The molecule has 2 heterocycles. The number of pyridine rings is 1. The third-order valence-corrected chi connectivity index (χ3v) is 3.77. The maximum Gasteiger partial charge on any atom is 0.231 e. The molecular weight excluding hydrogens is 272 g/mol. The van der Waals surface area contributed by atoms with Crippen LogP contribution in [0.25, 0.3) is 10.6 Å². The van der Waals surface area contributed by atoms with Crippen LogP contribution in [-0.2, 0) is 4.79 Å². The number of hydrogen-bond acceptors (Lipinski definition) is 5. The lowest BCUT2D eigenvalue weighted by Gasteiger charge is -2.25. The Bertz CT molecular complexity index is 580.